The maximum Gasteiger partial charge on any atom is 0.0518 e. The third-order valence-electron chi connectivity index (χ3n) is 3.08. The Kier molecular flexibility index (Phi) is 4.96. The lowest BCUT2D eigenvalue weighted by Gasteiger charge is -2.08. The van der Waals surface area contributed by atoms with Crippen molar-refractivity contribution in [3.8, 4) is 0 Å². The van der Waals surface area contributed by atoms with Crippen molar-refractivity contribution in [1.29, 1.82) is 0 Å². The van der Waals surface area contributed by atoms with Gasteiger partial charge in [0.05, 0.1) is 5.38 Å². The fraction of sp³-hybridized carbons (Fsp3) is 0.429. The van der Waals surface area contributed by atoms with Gasteiger partial charge < -0.3 is 0 Å². The maximum atomic E-state index is 6.24. The van der Waals surface area contributed by atoms with Crippen LogP contribution in [0.5, 0.6) is 0 Å². The molecule has 0 saturated heterocycles. The van der Waals surface area contributed by atoms with E-state index in [0.29, 0.717) is 0 Å². The van der Waals surface area contributed by atoms with Crippen molar-refractivity contribution in [1.82, 2.24) is 0 Å². The number of rotatable bonds is 2. The largest absolute Gasteiger partial charge is 0.118 e. The van der Waals surface area contributed by atoms with E-state index in [1.165, 1.54) is 24.0 Å². The molecule has 0 bridgehead atoms. The molecule has 1 aromatic rings. The fourth-order valence-corrected chi connectivity index (χ4v) is 3.24. The van der Waals surface area contributed by atoms with Crippen molar-refractivity contribution in [3.63, 3.8) is 0 Å². The van der Waals surface area contributed by atoms with Gasteiger partial charge in [-0.25, -0.2) is 0 Å². The third kappa shape index (κ3) is 4.01. The Morgan fingerprint density at radius 2 is 2.12 bits per heavy atom. The van der Waals surface area contributed by atoms with Crippen molar-refractivity contribution >= 4 is 39.1 Å². The van der Waals surface area contributed by atoms with Gasteiger partial charge in [-0.1, -0.05) is 51.7 Å². The highest BCUT2D eigenvalue weighted by molar-refractivity contribution is 9.10. The van der Waals surface area contributed by atoms with E-state index in [0.717, 1.165) is 28.8 Å². The van der Waals surface area contributed by atoms with Gasteiger partial charge in [0.25, 0.3) is 0 Å². The quantitative estimate of drug-likeness (QED) is 0.477. The zero-order valence-electron chi connectivity index (χ0n) is 9.56. The highest BCUT2D eigenvalue weighted by Gasteiger charge is 2.11. The van der Waals surface area contributed by atoms with E-state index in [2.05, 4.69) is 28.1 Å². The minimum Gasteiger partial charge on any atom is -0.118 e. The molecule has 1 unspecified atom stereocenters. The molecule has 1 atom stereocenters. The summed E-state index contributed by atoms with van der Waals surface area (Å²) in [4.78, 5) is 0. The second-order valence-electron chi connectivity index (χ2n) is 4.50. The summed E-state index contributed by atoms with van der Waals surface area (Å²) in [5.41, 5.74) is 2.61. The van der Waals surface area contributed by atoms with Gasteiger partial charge in [0.2, 0.25) is 0 Å². The predicted molar refractivity (Wildman–Crippen MR) is 79.0 cm³/mol. The van der Waals surface area contributed by atoms with Gasteiger partial charge >= 0.3 is 0 Å². The molecule has 1 aliphatic rings. The SMILES string of the molecule is Clc1cc(Br)ccc1CC1=CC(Cl)CCCC1. The zero-order chi connectivity index (χ0) is 12.3. The van der Waals surface area contributed by atoms with Crippen molar-refractivity contribution in [2.75, 3.05) is 0 Å². The smallest absolute Gasteiger partial charge is 0.0518 e. The molecule has 3 heteroatoms. The number of alkyl halides is 1. The van der Waals surface area contributed by atoms with Crippen molar-refractivity contribution in [2.24, 2.45) is 0 Å². The first kappa shape index (κ1) is 13.5. The lowest BCUT2D eigenvalue weighted by molar-refractivity contribution is 0.710. The van der Waals surface area contributed by atoms with Gasteiger partial charge in [0, 0.05) is 9.50 Å². The molecule has 0 aliphatic heterocycles. The zero-order valence-corrected chi connectivity index (χ0v) is 12.7. The van der Waals surface area contributed by atoms with Crippen molar-refractivity contribution < 1.29 is 0 Å². The van der Waals surface area contributed by atoms with Crippen LogP contribution in [0.4, 0.5) is 0 Å². The number of hydrogen-bond acceptors (Lipinski definition) is 0. The molecule has 0 amide bonds. The maximum absolute atomic E-state index is 6.24. The second-order valence-corrected chi connectivity index (χ2v) is 6.38. The average molecular weight is 334 g/mol. The highest BCUT2D eigenvalue weighted by atomic mass is 79.9. The molecule has 17 heavy (non-hydrogen) atoms. The molecule has 0 aromatic heterocycles. The molecule has 1 aliphatic carbocycles. The number of hydrogen-bond donors (Lipinski definition) is 0. The lowest BCUT2D eigenvalue weighted by atomic mass is 10.0. The van der Waals surface area contributed by atoms with Crippen LogP contribution in [0.1, 0.15) is 31.2 Å². The minimum absolute atomic E-state index is 0.196. The van der Waals surface area contributed by atoms with Crippen LogP contribution < -0.4 is 0 Å². The number of allylic oxidation sites excluding steroid dienone is 2. The molecule has 0 spiro atoms. The number of benzene rings is 1. The Balaban J connectivity index is 2.14. The van der Waals surface area contributed by atoms with Crippen LogP contribution in [-0.2, 0) is 6.42 Å². The molecular weight excluding hydrogens is 319 g/mol. The van der Waals surface area contributed by atoms with Crippen LogP contribution in [0.3, 0.4) is 0 Å². The lowest BCUT2D eigenvalue weighted by Crippen LogP contribution is -1.95. The Labute approximate surface area is 121 Å². The van der Waals surface area contributed by atoms with Crippen LogP contribution in [0.15, 0.2) is 34.3 Å². The van der Waals surface area contributed by atoms with E-state index >= 15 is 0 Å². The molecule has 0 nitrogen and oxygen atoms in total. The molecule has 0 N–H and O–H groups in total. The Morgan fingerprint density at radius 3 is 2.88 bits per heavy atom. The Bertz CT molecular complexity index is 426. The highest BCUT2D eigenvalue weighted by Crippen LogP contribution is 2.28. The van der Waals surface area contributed by atoms with Gasteiger partial charge in [-0.15, -0.1) is 11.6 Å². The molecule has 0 saturated carbocycles. The van der Waals surface area contributed by atoms with Gasteiger partial charge in [-0.2, -0.15) is 0 Å². The van der Waals surface area contributed by atoms with Gasteiger partial charge in [-0.05, 0) is 43.4 Å². The standard InChI is InChI=1S/C14H15BrCl2/c15-12-6-5-11(14(17)9-12)7-10-3-1-2-4-13(16)8-10/h5-6,8-9,13H,1-4,7H2. The number of halogens is 3. The van der Waals surface area contributed by atoms with Crippen molar-refractivity contribution in [2.45, 2.75) is 37.5 Å². The van der Waals surface area contributed by atoms with Crippen LogP contribution in [0, 0.1) is 0 Å². The van der Waals surface area contributed by atoms with Crippen LogP contribution >= 0.6 is 39.1 Å². The molecule has 2 rings (SSSR count). The first-order chi connectivity index (χ1) is 8.15. The first-order valence-electron chi connectivity index (χ1n) is 5.93. The van der Waals surface area contributed by atoms with E-state index < -0.39 is 0 Å². The van der Waals surface area contributed by atoms with Gasteiger partial charge in [0.15, 0.2) is 0 Å². The van der Waals surface area contributed by atoms with Gasteiger partial charge in [0.1, 0.15) is 0 Å². The van der Waals surface area contributed by atoms with Crippen LogP contribution in [-0.4, -0.2) is 5.38 Å². The summed E-state index contributed by atoms with van der Waals surface area (Å²) >= 11 is 15.9. The molecule has 0 radical (unpaired) electrons. The van der Waals surface area contributed by atoms with E-state index in [4.69, 9.17) is 23.2 Å². The Hall–Kier alpha value is 0.0200. The summed E-state index contributed by atoms with van der Waals surface area (Å²) in [5.74, 6) is 0. The summed E-state index contributed by atoms with van der Waals surface area (Å²) in [6, 6.07) is 6.07. The predicted octanol–water partition coefficient (Wildman–Crippen LogP) is 5.75. The van der Waals surface area contributed by atoms with E-state index in [1.54, 1.807) is 0 Å². The van der Waals surface area contributed by atoms with E-state index in [-0.39, 0.29) is 5.38 Å². The molecule has 0 fully saturated rings. The normalized spacial score (nSPS) is 20.9. The summed E-state index contributed by atoms with van der Waals surface area (Å²) in [5, 5.41) is 1.03. The Morgan fingerprint density at radius 1 is 1.29 bits per heavy atom. The monoisotopic (exact) mass is 332 g/mol. The fourth-order valence-electron chi connectivity index (χ4n) is 2.17. The van der Waals surface area contributed by atoms with E-state index in [9.17, 15) is 0 Å². The summed E-state index contributed by atoms with van der Waals surface area (Å²) < 4.78 is 1.02. The molecule has 92 valence electrons. The van der Waals surface area contributed by atoms with Crippen molar-refractivity contribution in [3.05, 3.63) is 44.9 Å². The summed E-state index contributed by atoms with van der Waals surface area (Å²) in [6.45, 7) is 0. The molecular formula is C14H15BrCl2. The van der Waals surface area contributed by atoms with Crippen LogP contribution in [0.2, 0.25) is 5.02 Å². The second kappa shape index (κ2) is 6.26. The third-order valence-corrected chi connectivity index (χ3v) is 4.27. The topological polar surface area (TPSA) is 0 Å². The minimum atomic E-state index is 0.196. The molecule has 0 heterocycles. The first-order valence-corrected chi connectivity index (χ1v) is 7.53. The van der Waals surface area contributed by atoms with E-state index in [1.807, 2.05) is 12.1 Å². The molecule has 1 aromatic carbocycles. The summed E-state index contributed by atoms with van der Waals surface area (Å²) in [7, 11) is 0. The van der Waals surface area contributed by atoms with Crippen LogP contribution in [0.25, 0.3) is 0 Å². The average Bonchev–Trinajstić information content (AvgIpc) is 2.47. The summed E-state index contributed by atoms with van der Waals surface area (Å²) in [6.07, 6.45) is 7.85. The van der Waals surface area contributed by atoms with Gasteiger partial charge in [-0.3, -0.25) is 0 Å².